The molecular formula is C17H20Cl2N4OS2. The number of nitrogens with one attached hydrogen (secondary N) is 2. The van der Waals surface area contributed by atoms with Crippen LogP contribution >= 0.6 is 47.1 Å². The summed E-state index contributed by atoms with van der Waals surface area (Å²) in [4.78, 5) is 13.5. The summed E-state index contributed by atoms with van der Waals surface area (Å²) in [5, 5.41) is 14.9. The Morgan fingerprint density at radius 2 is 2.19 bits per heavy atom. The van der Waals surface area contributed by atoms with Gasteiger partial charge in [-0.05, 0) is 43.4 Å². The van der Waals surface area contributed by atoms with Crippen LogP contribution in [0.5, 0.6) is 0 Å². The molecule has 0 bridgehead atoms. The predicted molar refractivity (Wildman–Crippen MR) is 109 cm³/mol. The Kier molecular flexibility index (Phi) is 6.80. The van der Waals surface area contributed by atoms with E-state index in [1.165, 1.54) is 48.8 Å². The zero-order valence-corrected chi connectivity index (χ0v) is 17.2. The highest BCUT2D eigenvalue weighted by molar-refractivity contribution is 8.01. The molecule has 4 rings (SSSR count). The molecule has 0 radical (unpaired) electrons. The van der Waals surface area contributed by atoms with Crippen molar-refractivity contribution in [2.75, 3.05) is 5.32 Å². The summed E-state index contributed by atoms with van der Waals surface area (Å²) >= 11 is 9.30. The van der Waals surface area contributed by atoms with E-state index < -0.39 is 0 Å². The van der Waals surface area contributed by atoms with Crippen LogP contribution in [0.3, 0.4) is 0 Å². The van der Waals surface area contributed by atoms with Crippen molar-refractivity contribution in [3.8, 4) is 0 Å². The van der Waals surface area contributed by atoms with Crippen LogP contribution in [0.2, 0.25) is 5.02 Å². The molecule has 2 aromatic rings. The van der Waals surface area contributed by atoms with Crippen molar-refractivity contribution < 1.29 is 4.79 Å². The van der Waals surface area contributed by atoms with Crippen LogP contribution in [-0.2, 0) is 4.79 Å². The number of benzene rings is 1. The van der Waals surface area contributed by atoms with Gasteiger partial charge in [0.15, 0.2) is 4.34 Å². The van der Waals surface area contributed by atoms with Crippen molar-refractivity contribution in [1.82, 2.24) is 15.5 Å². The van der Waals surface area contributed by atoms with Gasteiger partial charge in [0.25, 0.3) is 0 Å². The van der Waals surface area contributed by atoms with E-state index in [4.69, 9.17) is 11.6 Å². The molecule has 26 heavy (non-hydrogen) atoms. The molecule has 5 nitrogen and oxygen atoms in total. The number of carbonyl (C=O) groups is 1. The van der Waals surface area contributed by atoms with Crippen LogP contribution < -0.4 is 10.6 Å². The molecule has 2 fully saturated rings. The van der Waals surface area contributed by atoms with Gasteiger partial charge >= 0.3 is 0 Å². The SMILES string of the molecule is Cl.O=C(Nc1ccc(Sc2nncs2)c(Cl)c1)C1CC2CCCCC2N1. The Morgan fingerprint density at radius 3 is 2.92 bits per heavy atom. The Hall–Kier alpha value is -0.860. The number of hydrogen-bond acceptors (Lipinski definition) is 6. The molecule has 2 N–H and O–H groups in total. The summed E-state index contributed by atoms with van der Waals surface area (Å²) in [5.41, 5.74) is 2.42. The number of amides is 1. The van der Waals surface area contributed by atoms with Crippen LogP contribution in [0, 0.1) is 5.92 Å². The highest BCUT2D eigenvalue weighted by Crippen LogP contribution is 2.36. The van der Waals surface area contributed by atoms with Crippen molar-refractivity contribution >= 4 is 58.7 Å². The molecule has 2 heterocycles. The van der Waals surface area contributed by atoms with Gasteiger partial charge in [-0.15, -0.1) is 22.6 Å². The number of halogens is 2. The molecule has 2 aliphatic rings. The van der Waals surface area contributed by atoms with E-state index >= 15 is 0 Å². The molecular weight excluding hydrogens is 411 g/mol. The average Bonchev–Trinajstić information content (AvgIpc) is 3.26. The highest BCUT2D eigenvalue weighted by Gasteiger charge is 2.38. The summed E-state index contributed by atoms with van der Waals surface area (Å²) in [7, 11) is 0. The largest absolute Gasteiger partial charge is 0.325 e. The van der Waals surface area contributed by atoms with E-state index in [2.05, 4.69) is 20.8 Å². The molecule has 1 saturated heterocycles. The number of rotatable bonds is 4. The Labute approximate surface area is 172 Å². The number of nitrogens with zero attached hydrogens (tertiary/aromatic N) is 2. The summed E-state index contributed by atoms with van der Waals surface area (Å²) < 4.78 is 0.844. The van der Waals surface area contributed by atoms with E-state index in [0.717, 1.165) is 21.3 Å². The molecule has 1 aliphatic carbocycles. The molecule has 1 amide bonds. The van der Waals surface area contributed by atoms with Crippen LogP contribution in [-0.4, -0.2) is 28.2 Å². The maximum atomic E-state index is 12.6. The van der Waals surface area contributed by atoms with E-state index in [-0.39, 0.29) is 24.4 Å². The van der Waals surface area contributed by atoms with Crippen LogP contribution in [0.1, 0.15) is 32.1 Å². The topological polar surface area (TPSA) is 66.9 Å². The monoisotopic (exact) mass is 430 g/mol. The Morgan fingerprint density at radius 1 is 1.35 bits per heavy atom. The van der Waals surface area contributed by atoms with E-state index in [0.29, 0.717) is 17.0 Å². The fourth-order valence-corrected chi connectivity index (χ4v) is 5.45. The first-order valence-corrected chi connectivity index (χ1v) is 10.6. The lowest BCUT2D eigenvalue weighted by atomic mass is 9.85. The zero-order chi connectivity index (χ0) is 17.2. The van der Waals surface area contributed by atoms with Gasteiger partial charge in [0.1, 0.15) is 5.51 Å². The van der Waals surface area contributed by atoms with Gasteiger partial charge in [0, 0.05) is 16.6 Å². The second-order valence-corrected chi connectivity index (χ2v) is 9.08. The molecule has 3 unspecified atom stereocenters. The maximum Gasteiger partial charge on any atom is 0.241 e. The third-order valence-electron chi connectivity index (χ3n) is 4.92. The molecule has 140 valence electrons. The van der Waals surface area contributed by atoms with Crippen LogP contribution in [0.15, 0.2) is 32.9 Å². The van der Waals surface area contributed by atoms with E-state index in [9.17, 15) is 4.79 Å². The second-order valence-electron chi connectivity index (χ2n) is 6.55. The van der Waals surface area contributed by atoms with Gasteiger partial charge in [-0.25, -0.2) is 0 Å². The molecule has 1 saturated carbocycles. The van der Waals surface area contributed by atoms with Gasteiger partial charge in [-0.2, -0.15) is 0 Å². The van der Waals surface area contributed by atoms with E-state index in [1.807, 2.05) is 12.1 Å². The van der Waals surface area contributed by atoms with Gasteiger partial charge in [0.05, 0.1) is 11.1 Å². The molecule has 1 aromatic carbocycles. The smallest absolute Gasteiger partial charge is 0.241 e. The third kappa shape index (κ3) is 4.51. The normalized spacial score (nSPS) is 24.6. The molecule has 9 heteroatoms. The molecule has 3 atom stereocenters. The lowest BCUT2D eigenvalue weighted by Gasteiger charge is -2.24. The van der Waals surface area contributed by atoms with Gasteiger partial charge < -0.3 is 10.6 Å². The number of carbonyl (C=O) groups excluding carboxylic acids is 1. The van der Waals surface area contributed by atoms with Crippen LogP contribution in [0.4, 0.5) is 5.69 Å². The number of hydrogen-bond donors (Lipinski definition) is 2. The Bertz CT molecular complexity index is 745. The number of fused-ring (bicyclic) bond motifs is 1. The second kappa shape index (κ2) is 8.89. The lowest BCUT2D eigenvalue weighted by molar-refractivity contribution is -0.117. The summed E-state index contributed by atoms with van der Waals surface area (Å²) in [5.74, 6) is 0.689. The minimum atomic E-state index is -0.0951. The van der Waals surface area contributed by atoms with Gasteiger partial charge in [-0.3, -0.25) is 4.79 Å². The van der Waals surface area contributed by atoms with Crippen molar-refractivity contribution in [2.24, 2.45) is 5.92 Å². The predicted octanol–water partition coefficient (Wildman–Crippen LogP) is 4.62. The van der Waals surface area contributed by atoms with Gasteiger partial charge in [0.2, 0.25) is 5.91 Å². The first-order chi connectivity index (χ1) is 12.2. The zero-order valence-electron chi connectivity index (χ0n) is 14.0. The molecule has 0 spiro atoms. The summed E-state index contributed by atoms with van der Waals surface area (Å²) in [6.07, 6.45) is 5.93. The lowest BCUT2D eigenvalue weighted by Crippen LogP contribution is -2.39. The first kappa shape index (κ1) is 19.9. The van der Waals surface area contributed by atoms with Crippen molar-refractivity contribution in [2.45, 2.75) is 53.4 Å². The standard InChI is InChI=1S/C17H19ClN4OS2.ClH/c18-12-8-11(5-6-15(12)25-17-22-19-9-24-17)20-16(23)14-7-10-3-1-2-4-13(10)21-14;/h5-6,8-10,13-14,21H,1-4,7H2,(H,20,23);1H. The highest BCUT2D eigenvalue weighted by atomic mass is 35.5. The number of anilines is 1. The summed E-state index contributed by atoms with van der Waals surface area (Å²) in [6, 6.07) is 6.01. The van der Waals surface area contributed by atoms with Crippen molar-refractivity contribution in [1.29, 1.82) is 0 Å². The molecule has 1 aliphatic heterocycles. The van der Waals surface area contributed by atoms with Crippen molar-refractivity contribution in [3.63, 3.8) is 0 Å². The maximum absolute atomic E-state index is 12.6. The van der Waals surface area contributed by atoms with Crippen molar-refractivity contribution in [3.05, 3.63) is 28.7 Å². The van der Waals surface area contributed by atoms with Crippen LogP contribution in [0.25, 0.3) is 0 Å². The minimum Gasteiger partial charge on any atom is -0.325 e. The third-order valence-corrected chi connectivity index (χ3v) is 7.19. The van der Waals surface area contributed by atoms with Gasteiger partial charge in [-0.1, -0.05) is 47.5 Å². The first-order valence-electron chi connectivity index (χ1n) is 8.49. The summed E-state index contributed by atoms with van der Waals surface area (Å²) in [6.45, 7) is 0. The van der Waals surface area contributed by atoms with E-state index in [1.54, 1.807) is 11.6 Å². The average molecular weight is 431 g/mol. The minimum absolute atomic E-state index is 0. The molecule has 1 aromatic heterocycles. The fourth-order valence-electron chi connectivity index (χ4n) is 3.71. The fraction of sp³-hybridized carbons (Fsp3) is 0.471. The number of aromatic nitrogens is 2. The Balaban J connectivity index is 0.00000196. The quantitative estimate of drug-likeness (QED) is 0.739.